The summed E-state index contributed by atoms with van der Waals surface area (Å²) in [6.45, 7) is 32.6. The van der Waals surface area contributed by atoms with Crippen molar-refractivity contribution in [1.82, 2.24) is 0 Å². The average molecular weight is 894 g/mol. The van der Waals surface area contributed by atoms with Crippen molar-refractivity contribution < 1.29 is 4.11 Å². The van der Waals surface area contributed by atoms with Crippen LogP contribution in [0, 0.1) is 13.8 Å². The maximum Gasteiger partial charge on any atom is 0.252 e. The Hall–Kier alpha value is -5.80. The summed E-state index contributed by atoms with van der Waals surface area (Å²) in [4.78, 5) is 4.92. The molecule has 0 fully saturated rings. The van der Waals surface area contributed by atoms with E-state index in [0.717, 1.165) is 57.1 Å². The number of hydrogen-bond acceptors (Lipinski definition) is 2. The molecule has 0 saturated carbocycles. The lowest BCUT2D eigenvalue weighted by Gasteiger charge is -2.48. The number of aryl methyl sites for hydroxylation is 2. The van der Waals surface area contributed by atoms with Crippen LogP contribution in [0.3, 0.4) is 0 Å². The first-order valence-corrected chi connectivity index (χ1v) is 25.1. The fourth-order valence-electron chi connectivity index (χ4n) is 13.3. The van der Waals surface area contributed by atoms with Crippen molar-refractivity contribution in [3.05, 3.63) is 183 Å². The molecule has 0 N–H and O–H groups in total. The summed E-state index contributed by atoms with van der Waals surface area (Å²) < 4.78 is 27.8. The van der Waals surface area contributed by atoms with Gasteiger partial charge in [-0.2, -0.15) is 0 Å². The highest BCUT2D eigenvalue weighted by Crippen LogP contribution is 2.56. The first-order chi connectivity index (χ1) is 33.0. The second-order valence-corrected chi connectivity index (χ2v) is 25.3. The Balaban J connectivity index is 1.32. The average Bonchev–Trinajstić information content (AvgIpc) is 3.47. The second-order valence-electron chi connectivity index (χ2n) is 25.3. The minimum atomic E-state index is -2.39. The first kappa shape index (κ1) is 41.2. The lowest BCUT2D eigenvalue weighted by molar-refractivity contribution is 0.403. The van der Waals surface area contributed by atoms with Gasteiger partial charge in [-0.1, -0.05) is 182 Å². The highest BCUT2D eigenvalue weighted by molar-refractivity contribution is 7.00. The van der Waals surface area contributed by atoms with Gasteiger partial charge >= 0.3 is 0 Å². The maximum atomic E-state index is 9.26. The SMILES string of the molecule is [2H]C([2H])([2H])c1cc2c3c(c1)N(c1ccc(C(C)(C)C)cc1-c1ccccc1)c1ccc(C(C)(C)C)cc1B3c1cc3c(cc1N2c1cc2c(cc1C)C(C)(C)CC2(C)C)C(C)(C)c1ccccc1C3(C)C. The van der Waals surface area contributed by atoms with Gasteiger partial charge in [0, 0.05) is 48.9 Å². The van der Waals surface area contributed by atoms with Gasteiger partial charge in [0.1, 0.15) is 0 Å². The fraction of sp³-hybridized carbons (Fsp3) is 0.354. The van der Waals surface area contributed by atoms with Crippen molar-refractivity contribution >= 4 is 57.2 Å². The maximum absolute atomic E-state index is 9.26. The first-order valence-electron chi connectivity index (χ1n) is 26.6. The van der Waals surface area contributed by atoms with Gasteiger partial charge in [-0.05, 0) is 162 Å². The third-order valence-electron chi connectivity index (χ3n) is 16.8. The number of rotatable bonds is 3. The van der Waals surface area contributed by atoms with Crippen molar-refractivity contribution in [3.8, 4) is 11.1 Å². The number of fused-ring (bicyclic) bond motifs is 7. The highest BCUT2D eigenvalue weighted by Gasteiger charge is 2.49. The Kier molecular flexibility index (Phi) is 8.71. The standard InChI is InChI=1S/C65H71BN2/c1-39-30-57-59-58(31-39)68(55-36-48-47(32-40(55)2)62(9,10)38-63(48,11)12)56-37-50-49(64(13,14)45-24-20-21-25-46(45)65(50,15)16)35-52(56)66(59)51-34-43(61(6,7)8)27-29-54(51)67(57)53-28-26-42(60(3,4)5)33-44(53)41-22-18-17-19-23-41/h17-37H,38H2,1-16H3/i1D3. The lowest BCUT2D eigenvalue weighted by Crippen LogP contribution is -2.62. The van der Waals surface area contributed by atoms with Crippen LogP contribution in [0.25, 0.3) is 11.1 Å². The zero-order chi connectivity index (χ0) is 50.9. The molecule has 2 heterocycles. The predicted octanol–water partition coefficient (Wildman–Crippen LogP) is 15.6. The normalized spacial score (nSPS) is 18.6. The summed E-state index contributed by atoms with van der Waals surface area (Å²) in [6.07, 6.45) is 1.05. The van der Waals surface area contributed by atoms with Gasteiger partial charge in [0.05, 0.1) is 5.69 Å². The molecule has 2 nitrogen and oxygen atoms in total. The van der Waals surface area contributed by atoms with Gasteiger partial charge in [-0.25, -0.2) is 0 Å². The molecule has 11 rings (SSSR count). The fourth-order valence-corrected chi connectivity index (χ4v) is 13.3. The molecule has 0 bridgehead atoms. The number of hydrogen-bond donors (Lipinski definition) is 0. The van der Waals surface area contributed by atoms with E-state index in [9.17, 15) is 4.11 Å². The smallest absolute Gasteiger partial charge is 0.252 e. The molecule has 0 unspecified atom stereocenters. The molecule has 0 spiro atoms. The Labute approximate surface area is 413 Å². The van der Waals surface area contributed by atoms with Crippen LogP contribution in [0.5, 0.6) is 0 Å². The van der Waals surface area contributed by atoms with E-state index in [4.69, 9.17) is 0 Å². The van der Waals surface area contributed by atoms with E-state index >= 15 is 0 Å². The zero-order valence-corrected chi connectivity index (χ0v) is 43.3. The molecule has 0 saturated heterocycles. The molecule has 0 amide bonds. The van der Waals surface area contributed by atoms with Gasteiger partial charge < -0.3 is 9.80 Å². The topological polar surface area (TPSA) is 6.48 Å². The van der Waals surface area contributed by atoms with E-state index < -0.39 is 6.85 Å². The van der Waals surface area contributed by atoms with Gasteiger partial charge in [0.15, 0.2) is 0 Å². The summed E-state index contributed by atoms with van der Waals surface area (Å²) in [6, 6.07) is 47.9. The van der Waals surface area contributed by atoms with Crippen molar-refractivity contribution in [2.45, 2.75) is 150 Å². The van der Waals surface area contributed by atoms with Crippen LogP contribution in [0.1, 0.15) is 163 Å². The Morgan fingerprint density at radius 3 is 1.56 bits per heavy atom. The molecular weight excluding hydrogens is 820 g/mol. The van der Waals surface area contributed by atoms with Gasteiger partial charge in [0.25, 0.3) is 6.71 Å². The van der Waals surface area contributed by atoms with E-state index in [1.165, 1.54) is 61.0 Å². The largest absolute Gasteiger partial charge is 0.311 e. The van der Waals surface area contributed by atoms with E-state index in [0.29, 0.717) is 5.56 Å². The molecule has 344 valence electrons. The van der Waals surface area contributed by atoms with Crippen LogP contribution in [0.4, 0.5) is 34.1 Å². The highest BCUT2D eigenvalue weighted by atomic mass is 15.2. The number of benzene rings is 7. The molecule has 7 aromatic carbocycles. The van der Waals surface area contributed by atoms with E-state index in [1.807, 2.05) is 12.1 Å². The van der Waals surface area contributed by atoms with E-state index in [1.54, 1.807) is 0 Å². The van der Waals surface area contributed by atoms with E-state index in [2.05, 4.69) is 229 Å². The summed E-state index contributed by atoms with van der Waals surface area (Å²) in [5, 5.41) is 0. The van der Waals surface area contributed by atoms with Crippen molar-refractivity contribution in [2.24, 2.45) is 0 Å². The number of nitrogens with zero attached hydrogens (tertiary/aromatic N) is 2. The van der Waals surface area contributed by atoms with Crippen LogP contribution in [0.15, 0.2) is 127 Å². The second kappa shape index (κ2) is 14.4. The molecule has 4 aliphatic rings. The monoisotopic (exact) mass is 894 g/mol. The zero-order valence-electron chi connectivity index (χ0n) is 46.3. The lowest BCUT2D eigenvalue weighted by atomic mass is 9.33. The molecule has 0 aromatic heterocycles. The van der Waals surface area contributed by atoms with Crippen LogP contribution < -0.4 is 26.2 Å². The molecule has 2 aliphatic heterocycles. The molecular formula is C65H71BN2. The van der Waals surface area contributed by atoms with Crippen LogP contribution in [-0.2, 0) is 32.5 Å². The minimum absolute atomic E-state index is 0.0173. The van der Waals surface area contributed by atoms with Crippen LogP contribution in [-0.4, -0.2) is 6.71 Å². The summed E-state index contributed by atoms with van der Waals surface area (Å²) >= 11 is 0. The van der Waals surface area contributed by atoms with Crippen molar-refractivity contribution in [3.63, 3.8) is 0 Å². The summed E-state index contributed by atoms with van der Waals surface area (Å²) in [5.41, 5.74) is 23.3. The molecule has 0 radical (unpaired) electrons. The molecule has 68 heavy (non-hydrogen) atoms. The third kappa shape index (κ3) is 6.43. The predicted molar refractivity (Wildman–Crippen MR) is 294 cm³/mol. The summed E-state index contributed by atoms with van der Waals surface area (Å²) in [5.74, 6) is 0. The molecule has 0 atom stereocenters. The van der Waals surface area contributed by atoms with Crippen LogP contribution >= 0.6 is 0 Å². The van der Waals surface area contributed by atoms with E-state index in [-0.39, 0.29) is 39.2 Å². The molecule has 3 heteroatoms. The summed E-state index contributed by atoms with van der Waals surface area (Å²) in [7, 11) is 0. The van der Waals surface area contributed by atoms with Gasteiger partial charge in [0.2, 0.25) is 0 Å². The Morgan fingerprint density at radius 2 is 0.971 bits per heavy atom. The van der Waals surface area contributed by atoms with Gasteiger partial charge in [-0.3, -0.25) is 0 Å². The quantitative estimate of drug-likeness (QED) is 0.163. The third-order valence-corrected chi connectivity index (χ3v) is 16.8. The number of anilines is 6. The van der Waals surface area contributed by atoms with Crippen LogP contribution in [0.2, 0.25) is 0 Å². The Bertz CT molecular complexity index is 3380. The van der Waals surface area contributed by atoms with Gasteiger partial charge in [-0.15, -0.1) is 0 Å². The Morgan fingerprint density at radius 1 is 0.471 bits per heavy atom. The van der Waals surface area contributed by atoms with Crippen molar-refractivity contribution in [1.29, 1.82) is 0 Å². The molecule has 7 aromatic rings. The van der Waals surface area contributed by atoms with Crippen molar-refractivity contribution in [2.75, 3.05) is 9.80 Å². The minimum Gasteiger partial charge on any atom is -0.311 e. The molecule has 2 aliphatic carbocycles.